The van der Waals surface area contributed by atoms with Gasteiger partial charge in [0, 0.05) is 22.7 Å². The molecule has 4 rings (SSSR count). The number of aromatic nitrogens is 1. The first-order chi connectivity index (χ1) is 13.7. The number of thiazole rings is 1. The summed E-state index contributed by atoms with van der Waals surface area (Å²) in [6.45, 7) is 4.81. The number of ether oxygens (including phenoxy) is 1. The van der Waals surface area contributed by atoms with Gasteiger partial charge >= 0.3 is 0 Å². The Morgan fingerprint density at radius 2 is 1.75 bits per heavy atom. The van der Waals surface area contributed by atoms with Gasteiger partial charge in [-0.3, -0.25) is 0 Å². The highest BCUT2D eigenvalue weighted by Crippen LogP contribution is 2.29. The minimum atomic E-state index is 0.554. The van der Waals surface area contributed by atoms with Gasteiger partial charge in [0.2, 0.25) is 0 Å². The Labute approximate surface area is 169 Å². The second-order valence-corrected chi connectivity index (χ2v) is 7.62. The van der Waals surface area contributed by atoms with Crippen molar-refractivity contribution in [3.63, 3.8) is 0 Å². The maximum Gasteiger partial charge on any atom is 0.187 e. The van der Waals surface area contributed by atoms with Gasteiger partial charge < -0.3 is 10.1 Å². The molecule has 0 saturated heterocycles. The van der Waals surface area contributed by atoms with Crippen LogP contribution in [0.4, 0.5) is 10.8 Å². The van der Waals surface area contributed by atoms with Crippen LogP contribution >= 0.6 is 11.3 Å². The van der Waals surface area contributed by atoms with Crippen molar-refractivity contribution >= 4 is 22.2 Å². The standard InChI is InChI=1S/C24H22N2OS/c1-17-11-12-20(13-18(17)2)23-16-28-24(26-23)25-21-9-6-10-22(14-21)27-15-19-7-4-3-5-8-19/h3-14,16H,15H2,1-2H3,(H,25,26). The van der Waals surface area contributed by atoms with Crippen molar-refractivity contribution in [3.05, 3.63) is 94.9 Å². The molecule has 1 N–H and O–H groups in total. The molecule has 0 aliphatic rings. The fourth-order valence-electron chi connectivity index (χ4n) is 2.89. The van der Waals surface area contributed by atoms with Gasteiger partial charge in [0.15, 0.2) is 5.13 Å². The van der Waals surface area contributed by atoms with Gasteiger partial charge in [0.05, 0.1) is 5.69 Å². The van der Waals surface area contributed by atoms with Crippen LogP contribution in [0, 0.1) is 13.8 Å². The molecular formula is C24H22N2OS. The molecule has 4 aromatic rings. The first-order valence-electron chi connectivity index (χ1n) is 9.24. The number of aryl methyl sites for hydroxylation is 2. The van der Waals surface area contributed by atoms with E-state index < -0.39 is 0 Å². The molecule has 0 aliphatic heterocycles. The number of benzene rings is 3. The zero-order valence-electron chi connectivity index (χ0n) is 16.0. The van der Waals surface area contributed by atoms with E-state index in [4.69, 9.17) is 9.72 Å². The maximum absolute atomic E-state index is 5.91. The molecule has 4 heteroatoms. The molecule has 140 valence electrons. The minimum absolute atomic E-state index is 0.554. The number of hydrogen-bond donors (Lipinski definition) is 1. The molecule has 0 bridgehead atoms. The normalized spacial score (nSPS) is 10.6. The van der Waals surface area contributed by atoms with E-state index in [2.05, 4.69) is 54.9 Å². The lowest BCUT2D eigenvalue weighted by Gasteiger charge is -2.08. The average molecular weight is 387 g/mol. The predicted molar refractivity (Wildman–Crippen MR) is 118 cm³/mol. The zero-order valence-corrected chi connectivity index (χ0v) is 16.8. The third-order valence-electron chi connectivity index (χ3n) is 4.64. The molecule has 0 saturated carbocycles. The second-order valence-electron chi connectivity index (χ2n) is 6.76. The van der Waals surface area contributed by atoms with Gasteiger partial charge in [0.25, 0.3) is 0 Å². The van der Waals surface area contributed by atoms with Crippen molar-refractivity contribution in [2.45, 2.75) is 20.5 Å². The zero-order chi connectivity index (χ0) is 19.3. The number of anilines is 2. The quantitative estimate of drug-likeness (QED) is 0.398. The monoisotopic (exact) mass is 386 g/mol. The van der Waals surface area contributed by atoms with E-state index in [-0.39, 0.29) is 0 Å². The largest absolute Gasteiger partial charge is 0.489 e. The summed E-state index contributed by atoms with van der Waals surface area (Å²) in [6, 6.07) is 24.6. The van der Waals surface area contributed by atoms with Crippen LogP contribution in [0.2, 0.25) is 0 Å². The third kappa shape index (κ3) is 4.41. The Kier molecular flexibility index (Phi) is 5.40. The summed E-state index contributed by atoms with van der Waals surface area (Å²) < 4.78 is 5.91. The highest BCUT2D eigenvalue weighted by Gasteiger charge is 2.07. The van der Waals surface area contributed by atoms with Crippen molar-refractivity contribution in [3.8, 4) is 17.0 Å². The van der Waals surface area contributed by atoms with Gasteiger partial charge in [0.1, 0.15) is 12.4 Å². The van der Waals surface area contributed by atoms with Crippen molar-refractivity contribution in [1.82, 2.24) is 4.98 Å². The molecule has 0 radical (unpaired) electrons. The molecular weight excluding hydrogens is 364 g/mol. The summed E-state index contributed by atoms with van der Waals surface area (Å²) in [7, 11) is 0. The van der Waals surface area contributed by atoms with Gasteiger partial charge in [-0.15, -0.1) is 11.3 Å². The Morgan fingerprint density at radius 1 is 0.893 bits per heavy atom. The lowest BCUT2D eigenvalue weighted by Crippen LogP contribution is -1.96. The molecule has 0 spiro atoms. The molecule has 1 aromatic heterocycles. The smallest absolute Gasteiger partial charge is 0.187 e. The lowest BCUT2D eigenvalue weighted by molar-refractivity contribution is 0.306. The molecule has 0 amide bonds. The first kappa shape index (κ1) is 18.3. The van der Waals surface area contributed by atoms with E-state index in [1.165, 1.54) is 11.1 Å². The van der Waals surface area contributed by atoms with Crippen molar-refractivity contribution in [2.24, 2.45) is 0 Å². The Morgan fingerprint density at radius 3 is 2.57 bits per heavy atom. The summed E-state index contributed by atoms with van der Waals surface area (Å²) in [5.41, 5.74) is 6.83. The van der Waals surface area contributed by atoms with Crippen LogP contribution in [0.25, 0.3) is 11.3 Å². The van der Waals surface area contributed by atoms with Crippen molar-refractivity contribution < 1.29 is 4.74 Å². The first-order valence-corrected chi connectivity index (χ1v) is 10.1. The molecule has 0 aliphatic carbocycles. The van der Waals surface area contributed by atoms with E-state index in [9.17, 15) is 0 Å². The number of nitrogens with zero attached hydrogens (tertiary/aromatic N) is 1. The molecule has 0 fully saturated rings. The molecule has 3 aromatic carbocycles. The summed E-state index contributed by atoms with van der Waals surface area (Å²) in [6.07, 6.45) is 0. The SMILES string of the molecule is Cc1ccc(-c2csc(Nc3cccc(OCc4ccccc4)c3)n2)cc1C. The summed E-state index contributed by atoms with van der Waals surface area (Å²) in [5, 5.41) is 6.34. The van der Waals surface area contributed by atoms with Gasteiger partial charge in [-0.2, -0.15) is 0 Å². The molecule has 0 atom stereocenters. The van der Waals surface area contributed by atoms with E-state index >= 15 is 0 Å². The van der Waals surface area contributed by atoms with Gasteiger partial charge in [-0.05, 0) is 48.7 Å². The average Bonchev–Trinajstić information content (AvgIpc) is 3.18. The maximum atomic E-state index is 5.91. The van der Waals surface area contributed by atoms with Crippen LogP contribution in [-0.2, 0) is 6.61 Å². The van der Waals surface area contributed by atoms with Crippen LogP contribution in [0.1, 0.15) is 16.7 Å². The Hall–Kier alpha value is -3.11. The summed E-state index contributed by atoms with van der Waals surface area (Å²) >= 11 is 1.60. The summed E-state index contributed by atoms with van der Waals surface area (Å²) in [5.74, 6) is 0.833. The van der Waals surface area contributed by atoms with Crippen molar-refractivity contribution in [2.75, 3.05) is 5.32 Å². The van der Waals surface area contributed by atoms with Crippen LogP contribution in [0.15, 0.2) is 78.2 Å². The van der Waals surface area contributed by atoms with Crippen LogP contribution in [-0.4, -0.2) is 4.98 Å². The number of hydrogen-bond acceptors (Lipinski definition) is 4. The molecule has 28 heavy (non-hydrogen) atoms. The second kappa shape index (κ2) is 8.28. The molecule has 0 unspecified atom stereocenters. The highest BCUT2D eigenvalue weighted by molar-refractivity contribution is 7.14. The van der Waals surface area contributed by atoms with Crippen LogP contribution < -0.4 is 10.1 Å². The van der Waals surface area contributed by atoms with Gasteiger partial charge in [-0.25, -0.2) is 4.98 Å². The van der Waals surface area contributed by atoms with E-state index in [1.54, 1.807) is 11.3 Å². The van der Waals surface area contributed by atoms with E-state index in [0.29, 0.717) is 6.61 Å². The van der Waals surface area contributed by atoms with Crippen molar-refractivity contribution in [1.29, 1.82) is 0 Å². The van der Waals surface area contributed by atoms with Crippen LogP contribution in [0.3, 0.4) is 0 Å². The van der Waals surface area contributed by atoms with Gasteiger partial charge in [-0.1, -0.05) is 48.5 Å². The molecule has 1 heterocycles. The predicted octanol–water partition coefficient (Wildman–Crippen LogP) is 6.75. The Balaban J connectivity index is 1.44. The van der Waals surface area contributed by atoms with E-state index in [0.717, 1.165) is 33.4 Å². The Bertz CT molecular complexity index is 1070. The number of nitrogens with one attached hydrogen (secondary N) is 1. The lowest BCUT2D eigenvalue weighted by atomic mass is 10.1. The minimum Gasteiger partial charge on any atom is -0.489 e. The highest BCUT2D eigenvalue weighted by atomic mass is 32.1. The van der Waals surface area contributed by atoms with E-state index in [1.807, 2.05) is 42.5 Å². The number of rotatable bonds is 6. The summed E-state index contributed by atoms with van der Waals surface area (Å²) in [4.78, 5) is 4.74. The fourth-order valence-corrected chi connectivity index (χ4v) is 3.63. The third-order valence-corrected chi connectivity index (χ3v) is 5.40. The topological polar surface area (TPSA) is 34.1 Å². The van der Waals surface area contributed by atoms with Crippen LogP contribution in [0.5, 0.6) is 5.75 Å². The molecule has 3 nitrogen and oxygen atoms in total. The fraction of sp³-hybridized carbons (Fsp3) is 0.125.